The Hall–Kier alpha value is -0.610. The van der Waals surface area contributed by atoms with Crippen molar-refractivity contribution in [3.05, 3.63) is 0 Å². The van der Waals surface area contributed by atoms with Crippen LogP contribution in [0.15, 0.2) is 0 Å². The number of carbonyl (C=O) groups excluding carboxylic acids is 1. The smallest absolute Gasteiger partial charge is 0.334 e. The highest BCUT2D eigenvalue weighted by Gasteiger charge is 2.28. The third-order valence-electron chi connectivity index (χ3n) is 3.34. The van der Waals surface area contributed by atoms with Crippen molar-refractivity contribution in [2.45, 2.75) is 64.0 Å². The summed E-state index contributed by atoms with van der Waals surface area (Å²) in [6.45, 7) is 4.35. The van der Waals surface area contributed by atoms with E-state index in [0.29, 0.717) is 13.2 Å². The van der Waals surface area contributed by atoms with Gasteiger partial charge in [-0.2, -0.15) is 0 Å². The Morgan fingerprint density at radius 1 is 1.29 bits per heavy atom. The number of nitrogens with two attached hydrogens (primary N) is 1. The monoisotopic (exact) mass is 243 g/mol. The summed E-state index contributed by atoms with van der Waals surface area (Å²) >= 11 is 0. The van der Waals surface area contributed by atoms with Crippen molar-refractivity contribution in [3.63, 3.8) is 0 Å². The standard InChI is InChI=1S/C13H25NO3/c1-3-16-12(15)11(2)17-10-13(14)8-6-4-5-7-9-13/h11H,3-10,14H2,1-2H3. The fourth-order valence-corrected chi connectivity index (χ4v) is 2.20. The maximum atomic E-state index is 11.4. The van der Waals surface area contributed by atoms with Gasteiger partial charge < -0.3 is 15.2 Å². The molecule has 4 nitrogen and oxygen atoms in total. The Labute approximate surface area is 104 Å². The van der Waals surface area contributed by atoms with E-state index in [0.717, 1.165) is 25.7 Å². The lowest BCUT2D eigenvalue weighted by Crippen LogP contribution is -2.45. The number of esters is 1. The van der Waals surface area contributed by atoms with Gasteiger partial charge in [0.25, 0.3) is 0 Å². The molecule has 1 unspecified atom stereocenters. The van der Waals surface area contributed by atoms with E-state index in [4.69, 9.17) is 15.2 Å². The maximum Gasteiger partial charge on any atom is 0.334 e. The van der Waals surface area contributed by atoms with Crippen molar-refractivity contribution in [1.29, 1.82) is 0 Å². The SMILES string of the molecule is CCOC(=O)C(C)OCC1(N)CCCCCC1. The van der Waals surface area contributed by atoms with Crippen LogP contribution in [0.2, 0.25) is 0 Å². The molecule has 1 saturated carbocycles. The number of hydrogen-bond acceptors (Lipinski definition) is 4. The second-order valence-electron chi connectivity index (χ2n) is 4.98. The molecule has 1 atom stereocenters. The molecule has 100 valence electrons. The summed E-state index contributed by atoms with van der Waals surface area (Å²) in [5, 5.41) is 0. The highest BCUT2D eigenvalue weighted by atomic mass is 16.6. The van der Waals surface area contributed by atoms with E-state index in [1.165, 1.54) is 12.8 Å². The van der Waals surface area contributed by atoms with E-state index in [1.54, 1.807) is 13.8 Å². The molecule has 1 aliphatic carbocycles. The molecule has 1 fully saturated rings. The van der Waals surface area contributed by atoms with Crippen molar-refractivity contribution in [2.75, 3.05) is 13.2 Å². The van der Waals surface area contributed by atoms with E-state index in [2.05, 4.69) is 0 Å². The average Bonchev–Trinajstić information content (AvgIpc) is 2.52. The molecule has 0 saturated heterocycles. The Morgan fingerprint density at radius 2 is 1.88 bits per heavy atom. The Morgan fingerprint density at radius 3 is 2.41 bits per heavy atom. The molecule has 2 N–H and O–H groups in total. The third-order valence-corrected chi connectivity index (χ3v) is 3.34. The first-order chi connectivity index (χ1) is 8.07. The Balaban J connectivity index is 2.34. The van der Waals surface area contributed by atoms with Crippen LogP contribution >= 0.6 is 0 Å². The van der Waals surface area contributed by atoms with Crippen LogP contribution in [0.25, 0.3) is 0 Å². The van der Waals surface area contributed by atoms with Crippen LogP contribution < -0.4 is 5.73 Å². The van der Waals surface area contributed by atoms with Crippen LogP contribution in [0.1, 0.15) is 52.4 Å². The summed E-state index contributed by atoms with van der Waals surface area (Å²) in [5.41, 5.74) is 6.05. The molecule has 0 spiro atoms. The Bertz CT molecular complexity index is 235. The van der Waals surface area contributed by atoms with Gasteiger partial charge in [-0.05, 0) is 26.7 Å². The van der Waals surface area contributed by atoms with Crippen molar-refractivity contribution >= 4 is 5.97 Å². The highest BCUT2D eigenvalue weighted by Crippen LogP contribution is 2.25. The number of hydrogen-bond donors (Lipinski definition) is 1. The largest absolute Gasteiger partial charge is 0.464 e. The van der Waals surface area contributed by atoms with Gasteiger partial charge in [0, 0.05) is 5.54 Å². The second-order valence-corrected chi connectivity index (χ2v) is 4.98. The molecule has 4 heteroatoms. The number of carbonyl (C=O) groups is 1. The molecule has 0 radical (unpaired) electrons. The average molecular weight is 243 g/mol. The van der Waals surface area contributed by atoms with Crippen molar-refractivity contribution in [1.82, 2.24) is 0 Å². The van der Waals surface area contributed by atoms with Gasteiger partial charge in [-0.3, -0.25) is 0 Å². The third kappa shape index (κ3) is 5.04. The second kappa shape index (κ2) is 6.97. The molecule has 1 rings (SSSR count). The van der Waals surface area contributed by atoms with Gasteiger partial charge in [0.2, 0.25) is 0 Å². The molecular formula is C13H25NO3. The van der Waals surface area contributed by atoms with Crippen LogP contribution in [0.5, 0.6) is 0 Å². The zero-order valence-corrected chi connectivity index (χ0v) is 11.0. The molecule has 0 heterocycles. The van der Waals surface area contributed by atoms with Gasteiger partial charge >= 0.3 is 5.97 Å². The summed E-state index contributed by atoms with van der Waals surface area (Å²) in [6, 6.07) is 0. The van der Waals surface area contributed by atoms with Crippen LogP contribution in [-0.2, 0) is 14.3 Å². The van der Waals surface area contributed by atoms with Crippen molar-refractivity contribution in [2.24, 2.45) is 5.73 Å². The van der Waals surface area contributed by atoms with Crippen molar-refractivity contribution < 1.29 is 14.3 Å². The summed E-state index contributed by atoms with van der Waals surface area (Å²) in [5.74, 6) is -0.301. The molecule has 0 aromatic rings. The minimum absolute atomic E-state index is 0.253. The van der Waals surface area contributed by atoms with Crippen LogP contribution in [0, 0.1) is 0 Å². The molecule has 0 aromatic carbocycles. The maximum absolute atomic E-state index is 11.4. The zero-order chi connectivity index (χ0) is 12.7. The molecule has 0 aliphatic heterocycles. The first-order valence-corrected chi connectivity index (χ1v) is 6.64. The fraction of sp³-hybridized carbons (Fsp3) is 0.923. The van der Waals surface area contributed by atoms with E-state index in [9.17, 15) is 4.79 Å². The van der Waals surface area contributed by atoms with E-state index in [1.807, 2.05) is 0 Å². The predicted octanol–water partition coefficient (Wildman–Crippen LogP) is 2.01. The molecular weight excluding hydrogens is 218 g/mol. The number of rotatable bonds is 5. The molecule has 0 amide bonds. The van der Waals surface area contributed by atoms with E-state index >= 15 is 0 Å². The van der Waals surface area contributed by atoms with Gasteiger partial charge in [-0.15, -0.1) is 0 Å². The van der Waals surface area contributed by atoms with Crippen LogP contribution in [-0.4, -0.2) is 30.8 Å². The lowest BCUT2D eigenvalue weighted by Gasteiger charge is -2.28. The lowest BCUT2D eigenvalue weighted by molar-refractivity contribution is -0.156. The molecule has 17 heavy (non-hydrogen) atoms. The van der Waals surface area contributed by atoms with E-state index < -0.39 is 6.10 Å². The number of ether oxygens (including phenoxy) is 2. The van der Waals surface area contributed by atoms with Crippen molar-refractivity contribution in [3.8, 4) is 0 Å². The molecule has 0 aromatic heterocycles. The van der Waals surface area contributed by atoms with E-state index in [-0.39, 0.29) is 11.5 Å². The lowest BCUT2D eigenvalue weighted by atomic mass is 9.92. The normalized spacial score (nSPS) is 21.6. The van der Waals surface area contributed by atoms with Gasteiger partial charge in [0.15, 0.2) is 6.10 Å². The molecule has 1 aliphatic rings. The first kappa shape index (κ1) is 14.5. The van der Waals surface area contributed by atoms with Crippen LogP contribution in [0.3, 0.4) is 0 Å². The highest BCUT2D eigenvalue weighted by molar-refractivity contribution is 5.74. The summed E-state index contributed by atoms with van der Waals surface area (Å²) in [6.07, 6.45) is 6.30. The van der Waals surface area contributed by atoms with Gasteiger partial charge in [0.1, 0.15) is 0 Å². The van der Waals surface area contributed by atoms with Gasteiger partial charge in [-0.25, -0.2) is 4.79 Å². The molecule has 0 bridgehead atoms. The quantitative estimate of drug-likeness (QED) is 0.592. The minimum Gasteiger partial charge on any atom is -0.464 e. The summed E-state index contributed by atoms with van der Waals surface area (Å²) < 4.78 is 10.5. The fourth-order valence-electron chi connectivity index (χ4n) is 2.20. The predicted molar refractivity (Wildman–Crippen MR) is 66.7 cm³/mol. The Kier molecular flexibility index (Phi) is 5.92. The minimum atomic E-state index is -0.515. The van der Waals surface area contributed by atoms with Gasteiger partial charge in [-0.1, -0.05) is 25.7 Å². The van der Waals surface area contributed by atoms with Gasteiger partial charge in [0.05, 0.1) is 13.2 Å². The topological polar surface area (TPSA) is 61.5 Å². The summed E-state index contributed by atoms with van der Waals surface area (Å²) in [4.78, 5) is 11.4. The first-order valence-electron chi connectivity index (χ1n) is 6.64. The zero-order valence-electron chi connectivity index (χ0n) is 11.0. The summed E-state index contributed by atoms with van der Waals surface area (Å²) in [7, 11) is 0. The van der Waals surface area contributed by atoms with Crippen LogP contribution in [0.4, 0.5) is 0 Å².